The molecule has 1 unspecified atom stereocenters. The predicted molar refractivity (Wildman–Crippen MR) is 87.2 cm³/mol. The minimum absolute atomic E-state index is 0.0877. The second-order valence-corrected chi connectivity index (χ2v) is 6.14. The van der Waals surface area contributed by atoms with E-state index in [1.165, 1.54) is 12.8 Å². The van der Waals surface area contributed by atoms with Gasteiger partial charge in [-0.25, -0.2) is 0 Å². The van der Waals surface area contributed by atoms with Crippen molar-refractivity contribution in [3.8, 4) is 0 Å². The van der Waals surface area contributed by atoms with Crippen molar-refractivity contribution in [2.24, 2.45) is 11.7 Å². The van der Waals surface area contributed by atoms with E-state index in [1.54, 1.807) is 0 Å². The highest BCUT2D eigenvalue weighted by Crippen LogP contribution is 2.34. The molecule has 1 fully saturated rings. The van der Waals surface area contributed by atoms with E-state index in [4.69, 9.17) is 5.73 Å². The summed E-state index contributed by atoms with van der Waals surface area (Å²) in [4.78, 5) is 14.3. The van der Waals surface area contributed by atoms with Crippen molar-refractivity contribution in [1.82, 2.24) is 4.90 Å². The zero-order valence-corrected chi connectivity index (χ0v) is 13.1. The fourth-order valence-corrected chi connectivity index (χ4v) is 2.81. The lowest BCUT2D eigenvalue weighted by molar-refractivity contribution is -0.116. The maximum absolute atomic E-state index is 11.9. The van der Waals surface area contributed by atoms with Gasteiger partial charge in [-0.15, -0.1) is 0 Å². The van der Waals surface area contributed by atoms with Crippen LogP contribution in [0.3, 0.4) is 0 Å². The van der Waals surface area contributed by atoms with Crippen LogP contribution < -0.4 is 11.1 Å². The standard InChI is InChI=1S/C17H27N3O/c1-13-5-3-6-15(11-13)19-17(21)7-4-10-20(2)16(12-18)14-8-9-14/h3,5-6,11,14,16H,4,7-10,12,18H2,1-2H3,(H,19,21). The molecule has 0 aliphatic heterocycles. The van der Waals surface area contributed by atoms with Crippen LogP contribution in [0.1, 0.15) is 31.2 Å². The molecule has 1 amide bonds. The average Bonchev–Trinajstić information content (AvgIpc) is 3.24. The van der Waals surface area contributed by atoms with E-state index in [9.17, 15) is 4.79 Å². The number of amides is 1. The largest absolute Gasteiger partial charge is 0.329 e. The molecule has 1 saturated carbocycles. The van der Waals surface area contributed by atoms with Gasteiger partial charge in [0.25, 0.3) is 0 Å². The smallest absolute Gasteiger partial charge is 0.224 e. The maximum Gasteiger partial charge on any atom is 0.224 e. The van der Waals surface area contributed by atoms with Crippen molar-refractivity contribution in [2.45, 2.75) is 38.6 Å². The van der Waals surface area contributed by atoms with Gasteiger partial charge in [0.15, 0.2) is 0 Å². The molecule has 2 rings (SSSR count). The summed E-state index contributed by atoms with van der Waals surface area (Å²) in [5.74, 6) is 0.867. The molecule has 0 bridgehead atoms. The van der Waals surface area contributed by atoms with E-state index in [1.807, 2.05) is 31.2 Å². The van der Waals surface area contributed by atoms with Gasteiger partial charge in [0, 0.05) is 24.7 Å². The Morgan fingerprint density at radius 3 is 2.86 bits per heavy atom. The van der Waals surface area contributed by atoms with Gasteiger partial charge in [-0.3, -0.25) is 4.79 Å². The second kappa shape index (κ2) is 7.57. The highest BCUT2D eigenvalue weighted by atomic mass is 16.1. The summed E-state index contributed by atoms with van der Waals surface area (Å²) < 4.78 is 0. The van der Waals surface area contributed by atoms with Crippen molar-refractivity contribution in [1.29, 1.82) is 0 Å². The second-order valence-electron chi connectivity index (χ2n) is 6.14. The van der Waals surface area contributed by atoms with Crippen LogP contribution >= 0.6 is 0 Å². The molecule has 1 aromatic carbocycles. The molecule has 116 valence electrons. The van der Waals surface area contributed by atoms with E-state index in [2.05, 4.69) is 17.3 Å². The number of hydrogen-bond donors (Lipinski definition) is 2. The van der Waals surface area contributed by atoms with E-state index in [0.717, 1.165) is 36.7 Å². The van der Waals surface area contributed by atoms with Gasteiger partial charge >= 0.3 is 0 Å². The Kier molecular flexibility index (Phi) is 5.76. The number of benzene rings is 1. The Labute approximate surface area is 127 Å². The molecule has 1 atom stereocenters. The first-order valence-electron chi connectivity index (χ1n) is 7.87. The SMILES string of the molecule is Cc1cccc(NC(=O)CCCN(C)C(CN)C2CC2)c1. The van der Waals surface area contributed by atoms with Gasteiger partial charge in [-0.1, -0.05) is 12.1 Å². The third-order valence-corrected chi connectivity index (χ3v) is 4.19. The van der Waals surface area contributed by atoms with Gasteiger partial charge in [0.05, 0.1) is 0 Å². The lowest BCUT2D eigenvalue weighted by Gasteiger charge is -2.26. The van der Waals surface area contributed by atoms with Crippen LogP contribution in [-0.2, 0) is 4.79 Å². The Morgan fingerprint density at radius 1 is 1.48 bits per heavy atom. The summed E-state index contributed by atoms with van der Waals surface area (Å²) in [5.41, 5.74) is 7.88. The van der Waals surface area contributed by atoms with E-state index in [0.29, 0.717) is 12.5 Å². The molecule has 4 nitrogen and oxygen atoms in total. The van der Waals surface area contributed by atoms with Gasteiger partial charge in [-0.2, -0.15) is 0 Å². The molecule has 0 aromatic heterocycles. The zero-order chi connectivity index (χ0) is 15.2. The van der Waals surface area contributed by atoms with E-state index < -0.39 is 0 Å². The summed E-state index contributed by atoms with van der Waals surface area (Å²) in [7, 11) is 2.12. The molecule has 1 aliphatic carbocycles. The van der Waals surface area contributed by atoms with E-state index >= 15 is 0 Å². The zero-order valence-electron chi connectivity index (χ0n) is 13.1. The fourth-order valence-electron chi connectivity index (χ4n) is 2.81. The third kappa shape index (κ3) is 5.14. The number of carbonyl (C=O) groups is 1. The number of likely N-dealkylation sites (N-methyl/N-ethyl adjacent to an activating group) is 1. The van der Waals surface area contributed by atoms with Crippen LogP contribution in [0, 0.1) is 12.8 Å². The fraction of sp³-hybridized carbons (Fsp3) is 0.588. The number of nitrogens with two attached hydrogens (primary N) is 1. The van der Waals surface area contributed by atoms with Gasteiger partial charge in [0.2, 0.25) is 5.91 Å². The summed E-state index contributed by atoms with van der Waals surface area (Å²) >= 11 is 0. The first-order chi connectivity index (χ1) is 10.1. The highest BCUT2D eigenvalue weighted by Gasteiger charge is 2.32. The van der Waals surface area contributed by atoms with Crippen molar-refractivity contribution in [2.75, 3.05) is 25.5 Å². The van der Waals surface area contributed by atoms with Crippen LogP contribution in [0.15, 0.2) is 24.3 Å². The number of aryl methyl sites for hydroxylation is 1. The Morgan fingerprint density at radius 2 is 2.24 bits per heavy atom. The van der Waals surface area contributed by atoms with Crippen molar-refractivity contribution < 1.29 is 4.79 Å². The highest BCUT2D eigenvalue weighted by molar-refractivity contribution is 5.90. The molecule has 0 spiro atoms. The molecule has 1 aromatic rings. The number of anilines is 1. The first-order valence-corrected chi connectivity index (χ1v) is 7.87. The quantitative estimate of drug-likeness (QED) is 0.772. The molecule has 0 saturated heterocycles. The first kappa shape index (κ1) is 16.0. The monoisotopic (exact) mass is 289 g/mol. The van der Waals surface area contributed by atoms with Gasteiger partial charge in [0.1, 0.15) is 0 Å². The number of rotatable bonds is 8. The van der Waals surface area contributed by atoms with Crippen molar-refractivity contribution >= 4 is 11.6 Å². The summed E-state index contributed by atoms with van der Waals surface area (Å²) in [6.45, 7) is 3.67. The molecule has 1 aliphatic rings. The molecule has 3 N–H and O–H groups in total. The van der Waals surface area contributed by atoms with Crippen LogP contribution in [0.5, 0.6) is 0 Å². The van der Waals surface area contributed by atoms with Gasteiger partial charge in [-0.05, 0) is 63.4 Å². The van der Waals surface area contributed by atoms with Crippen LogP contribution in [0.25, 0.3) is 0 Å². The lowest BCUT2D eigenvalue weighted by Crippen LogP contribution is -2.40. The molecule has 4 heteroatoms. The minimum atomic E-state index is 0.0877. The minimum Gasteiger partial charge on any atom is -0.329 e. The molecule has 21 heavy (non-hydrogen) atoms. The molecular formula is C17H27N3O. The van der Waals surface area contributed by atoms with Crippen LogP contribution in [0.2, 0.25) is 0 Å². The number of carbonyl (C=O) groups excluding carboxylic acids is 1. The summed E-state index contributed by atoms with van der Waals surface area (Å²) in [6.07, 6.45) is 4.04. The Balaban J connectivity index is 1.69. The average molecular weight is 289 g/mol. The molecule has 0 heterocycles. The van der Waals surface area contributed by atoms with Gasteiger partial charge < -0.3 is 16.0 Å². The number of nitrogens with one attached hydrogen (secondary N) is 1. The Hall–Kier alpha value is -1.39. The number of hydrogen-bond acceptors (Lipinski definition) is 3. The third-order valence-electron chi connectivity index (χ3n) is 4.19. The number of nitrogens with zero attached hydrogens (tertiary/aromatic N) is 1. The summed E-state index contributed by atoms with van der Waals surface area (Å²) in [6, 6.07) is 8.39. The topological polar surface area (TPSA) is 58.4 Å². The van der Waals surface area contributed by atoms with Crippen molar-refractivity contribution in [3.05, 3.63) is 29.8 Å². The predicted octanol–water partition coefficient (Wildman–Crippen LogP) is 2.38. The molecule has 0 radical (unpaired) electrons. The Bertz CT molecular complexity index is 471. The van der Waals surface area contributed by atoms with Crippen LogP contribution in [-0.4, -0.2) is 37.0 Å². The van der Waals surface area contributed by atoms with E-state index in [-0.39, 0.29) is 5.91 Å². The lowest BCUT2D eigenvalue weighted by atomic mass is 10.1. The molecular weight excluding hydrogens is 262 g/mol. The van der Waals surface area contributed by atoms with Crippen LogP contribution in [0.4, 0.5) is 5.69 Å². The normalized spacial score (nSPS) is 16.0. The van der Waals surface area contributed by atoms with Crippen molar-refractivity contribution in [3.63, 3.8) is 0 Å². The summed E-state index contributed by atoms with van der Waals surface area (Å²) in [5, 5.41) is 2.95. The maximum atomic E-state index is 11.9.